The van der Waals surface area contributed by atoms with E-state index < -0.39 is 0 Å². The van der Waals surface area contributed by atoms with Crippen LogP contribution in [0.2, 0.25) is 0 Å². The van der Waals surface area contributed by atoms with Gasteiger partial charge in [0.25, 0.3) is 0 Å². The van der Waals surface area contributed by atoms with E-state index in [0.717, 1.165) is 44.5 Å². The summed E-state index contributed by atoms with van der Waals surface area (Å²) >= 11 is 0. The normalized spacial score (nSPS) is 15.7. The topological polar surface area (TPSA) is 41.4 Å². The molecule has 2 heterocycles. The standard InChI is InChI=1S/C20H28N4O/c1-22(14-19-13-21-23(2)15-19)16-20(25)24-10-8-18(9-11-24)12-17-6-4-3-5-7-17/h3-7,13,15,18H,8-12,14,16H2,1-2H3. The predicted molar refractivity (Wildman–Crippen MR) is 99.0 cm³/mol. The zero-order chi connectivity index (χ0) is 17.6. The molecule has 5 nitrogen and oxygen atoms in total. The van der Waals surface area contributed by atoms with Gasteiger partial charge >= 0.3 is 0 Å². The largest absolute Gasteiger partial charge is 0.342 e. The first kappa shape index (κ1) is 17.7. The molecule has 1 fully saturated rings. The first-order chi connectivity index (χ1) is 12.1. The number of amides is 1. The number of likely N-dealkylation sites (N-methyl/N-ethyl adjacent to an activating group) is 1. The van der Waals surface area contributed by atoms with Crippen LogP contribution >= 0.6 is 0 Å². The number of benzene rings is 1. The molecule has 3 rings (SSSR count). The molecule has 1 saturated heterocycles. The maximum Gasteiger partial charge on any atom is 0.236 e. The van der Waals surface area contributed by atoms with E-state index in [1.165, 1.54) is 5.56 Å². The maximum atomic E-state index is 12.5. The smallest absolute Gasteiger partial charge is 0.236 e. The van der Waals surface area contributed by atoms with Gasteiger partial charge in [-0.3, -0.25) is 14.4 Å². The van der Waals surface area contributed by atoms with E-state index in [1.807, 2.05) is 31.4 Å². The summed E-state index contributed by atoms with van der Waals surface area (Å²) in [7, 11) is 3.90. The molecule has 0 aliphatic carbocycles. The van der Waals surface area contributed by atoms with Crippen LogP contribution in [0.5, 0.6) is 0 Å². The van der Waals surface area contributed by atoms with Crippen molar-refractivity contribution in [2.75, 3.05) is 26.7 Å². The van der Waals surface area contributed by atoms with Crippen molar-refractivity contribution in [2.24, 2.45) is 13.0 Å². The zero-order valence-electron chi connectivity index (χ0n) is 15.3. The van der Waals surface area contributed by atoms with E-state index in [2.05, 4.69) is 40.3 Å². The van der Waals surface area contributed by atoms with E-state index >= 15 is 0 Å². The monoisotopic (exact) mass is 340 g/mol. The minimum atomic E-state index is 0.240. The summed E-state index contributed by atoms with van der Waals surface area (Å²) in [6, 6.07) is 10.7. The van der Waals surface area contributed by atoms with Gasteiger partial charge < -0.3 is 4.90 Å². The van der Waals surface area contributed by atoms with E-state index in [9.17, 15) is 4.79 Å². The van der Waals surface area contributed by atoms with Crippen LogP contribution in [0.1, 0.15) is 24.0 Å². The van der Waals surface area contributed by atoms with Crippen LogP contribution in [-0.2, 0) is 24.8 Å². The van der Waals surface area contributed by atoms with E-state index in [1.54, 1.807) is 4.68 Å². The minimum absolute atomic E-state index is 0.240. The van der Waals surface area contributed by atoms with Crippen LogP contribution in [0, 0.1) is 5.92 Å². The molecule has 0 radical (unpaired) electrons. The second kappa shape index (κ2) is 8.30. The highest BCUT2D eigenvalue weighted by molar-refractivity contribution is 5.78. The molecule has 1 aliphatic rings. The fraction of sp³-hybridized carbons (Fsp3) is 0.500. The Bertz CT molecular complexity index is 674. The Morgan fingerprint density at radius 2 is 1.92 bits per heavy atom. The highest BCUT2D eigenvalue weighted by atomic mass is 16.2. The molecular formula is C20H28N4O. The number of rotatable bonds is 6. The molecule has 5 heteroatoms. The number of hydrogen-bond acceptors (Lipinski definition) is 3. The Morgan fingerprint density at radius 3 is 2.56 bits per heavy atom. The van der Waals surface area contributed by atoms with Crippen LogP contribution in [0.3, 0.4) is 0 Å². The van der Waals surface area contributed by atoms with Crippen LogP contribution < -0.4 is 0 Å². The fourth-order valence-corrected chi connectivity index (χ4v) is 3.59. The molecule has 1 amide bonds. The van der Waals surface area contributed by atoms with Crippen molar-refractivity contribution in [3.63, 3.8) is 0 Å². The van der Waals surface area contributed by atoms with Crippen LogP contribution in [0.25, 0.3) is 0 Å². The molecule has 0 spiro atoms. The number of aryl methyl sites for hydroxylation is 1. The Labute approximate surface area is 150 Å². The number of carbonyl (C=O) groups excluding carboxylic acids is 1. The number of nitrogens with zero attached hydrogens (tertiary/aromatic N) is 4. The van der Waals surface area contributed by atoms with Crippen LogP contribution in [-0.4, -0.2) is 52.2 Å². The first-order valence-corrected chi connectivity index (χ1v) is 9.08. The van der Waals surface area contributed by atoms with Gasteiger partial charge in [0.1, 0.15) is 0 Å². The lowest BCUT2D eigenvalue weighted by Gasteiger charge is -2.33. The van der Waals surface area contributed by atoms with Gasteiger partial charge in [-0.05, 0) is 37.8 Å². The van der Waals surface area contributed by atoms with E-state index in [0.29, 0.717) is 12.5 Å². The van der Waals surface area contributed by atoms with Gasteiger partial charge in [-0.2, -0.15) is 5.10 Å². The van der Waals surface area contributed by atoms with Crippen molar-refractivity contribution in [1.82, 2.24) is 19.6 Å². The fourth-order valence-electron chi connectivity index (χ4n) is 3.59. The molecule has 1 aromatic carbocycles. The first-order valence-electron chi connectivity index (χ1n) is 9.08. The number of carbonyl (C=O) groups is 1. The second-order valence-electron chi connectivity index (χ2n) is 7.21. The lowest BCUT2D eigenvalue weighted by molar-refractivity contribution is -0.133. The third-order valence-corrected chi connectivity index (χ3v) is 4.95. The lowest BCUT2D eigenvalue weighted by atomic mass is 9.90. The summed E-state index contributed by atoms with van der Waals surface area (Å²) in [5.41, 5.74) is 2.54. The van der Waals surface area contributed by atoms with Gasteiger partial charge in [-0.1, -0.05) is 30.3 Å². The molecular weight excluding hydrogens is 312 g/mol. The summed E-state index contributed by atoms with van der Waals surface area (Å²) in [6.07, 6.45) is 7.19. The predicted octanol–water partition coefficient (Wildman–Crippen LogP) is 2.33. The van der Waals surface area contributed by atoms with E-state index in [-0.39, 0.29) is 5.91 Å². The number of piperidine rings is 1. The summed E-state index contributed by atoms with van der Waals surface area (Å²) in [5.74, 6) is 0.934. The number of hydrogen-bond donors (Lipinski definition) is 0. The summed E-state index contributed by atoms with van der Waals surface area (Å²) in [6.45, 7) is 3.00. The summed E-state index contributed by atoms with van der Waals surface area (Å²) in [4.78, 5) is 16.6. The van der Waals surface area contributed by atoms with E-state index in [4.69, 9.17) is 0 Å². The van der Waals surface area contributed by atoms with Gasteiger partial charge in [0.2, 0.25) is 5.91 Å². The maximum absolute atomic E-state index is 12.5. The minimum Gasteiger partial charge on any atom is -0.342 e. The average molecular weight is 340 g/mol. The average Bonchev–Trinajstić information content (AvgIpc) is 3.01. The van der Waals surface area contributed by atoms with Crippen molar-refractivity contribution >= 4 is 5.91 Å². The second-order valence-corrected chi connectivity index (χ2v) is 7.21. The molecule has 1 aromatic heterocycles. The van der Waals surface area contributed by atoms with Gasteiger partial charge in [0.15, 0.2) is 0 Å². The van der Waals surface area contributed by atoms with Crippen LogP contribution in [0.4, 0.5) is 0 Å². The number of likely N-dealkylation sites (tertiary alicyclic amines) is 1. The molecule has 134 valence electrons. The van der Waals surface area contributed by atoms with Crippen molar-refractivity contribution in [2.45, 2.75) is 25.8 Å². The summed E-state index contributed by atoms with van der Waals surface area (Å²) < 4.78 is 1.79. The Balaban J connectivity index is 1.42. The molecule has 0 unspecified atom stereocenters. The number of aromatic nitrogens is 2. The van der Waals surface area contributed by atoms with Crippen molar-refractivity contribution < 1.29 is 4.79 Å². The Morgan fingerprint density at radius 1 is 1.20 bits per heavy atom. The Hall–Kier alpha value is -2.14. The van der Waals surface area contributed by atoms with Gasteiger partial charge in [0.05, 0.1) is 12.7 Å². The third kappa shape index (κ3) is 5.16. The molecule has 0 atom stereocenters. The SMILES string of the molecule is CN(CC(=O)N1CCC(Cc2ccccc2)CC1)Cc1cnn(C)c1. The Kier molecular flexibility index (Phi) is 5.87. The van der Waals surface area contributed by atoms with Crippen molar-refractivity contribution in [3.05, 3.63) is 53.9 Å². The highest BCUT2D eigenvalue weighted by Crippen LogP contribution is 2.21. The highest BCUT2D eigenvalue weighted by Gasteiger charge is 2.23. The molecule has 0 bridgehead atoms. The van der Waals surface area contributed by atoms with Crippen molar-refractivity contribution in [1.29, 1.82) is 0 Å². The van der Waals surface area contributed by atoms with Crippen molar-refractivity contribution in [3.8, 4) is 0 Å². The molecule has 25 heavy (non-hydrogen) atoms. The van der Waals surface area contributed by atoms with Crippen LogP contribution in [0.15, 0.2) is 42.7 Å². The quantitative estimate of drug-likeness (QED) is 0.810. The molecule has 2 aromatic rings. The van der Waals surface area contributed by atoms with Gasteiger partial charge in [0, 0.05) is 38.4 Å². The molecule has 1 aliphatic heterocycles. The summed E-state index contributed by atoms with van der Waals surface area (Å²) in [5, 5.41) is 4.18. The molecule has 0 saturated carbocycles. The third-order valence-electron chi connectivity index (χ3n) is 4.95. The molecule has 0 N–H and O–H groups in total. The lowest BCUT2D eigenvalue weighted by Crippen LogP contribution is -2.43. The zero-order valence-corrected chi connectivity index (χ0v) is 15.3. The van der Waals surface area contributed by atoms with Gasteiger partial charge in [-0.15, -0.1) is 0 Å². The van der Waals surface area contributed by atoms with Gasteiger partial charge in [-0.25, -0.2) is 0 Å².